The number of benzene rings is 2. The van der Waals surface area contributed by atoms with E-state index in [0.717, 1.165) is 23.4 Å². The zero-order chi connectivity index (χ0) is 17.6. The highest BCUT2D eigenvalue weighted by molar-refractivity contribution is 6.03. The number of nitrogens with zero attached hydrogens (tertiary/aromatic N) is 2. The van der Waals surface area contributed by atoms with Gasteiger partial charge in [0.1, 0.15) is 5.69 Å². The van der Waals surface area contributed by atoms with Gasteiger partial charge in [-0.25, -0.2) is 9.97 Å². The van der Waals surface area contributed by atoms with Gasteiger partial charge < -0.3 is 10.6 Å². The summed E-state index contributed by atoms with van der Waals surface area (Å²) in [5.74, 6) is 0.135. The molecule has 3 rings (SSSR count). The molecular formula is C20H20N4O. The van der Waals surface area contributed by atoms with Gasteiger partial charge in [-0.3, -0.25) is 4.79 Å². The standard InChI is InChI=1S/C20H20N4O/c1-3-15-6-4-5-7-17(15)23-19(25)18-12-13-21-20(24-18)22-16-10-8-14(2)9-11-16/h4-13H,3H2,1-2H3,(H,23,25)(H,21,22,24). The van der Waals surface area contributed by atoms with Crippen LogP contribution in [0.1, 0.15) is 28.5 Å². The number of para-hydroxylation sites is 1. The maximum atomic E-state index is 12.5. The molecule has 5 heteroatoms. The van der Waals surface area contributed by atoms with Crippen LogP contribution in [0.4, 0.5) is 17.3 Å². The van der Waals surface area contributed by atoms with E-state index in [2.05, 4.69) is 27.5 Å². The molecule has 0 saturated carbocycles. The van der Waals surface area contributed by atoms with E-state index in [1.54, 1.807) is 12.3 Å². The van der Waals surface area contributed by atoms with Crippen LogP contribution >= 0.6 is 0 Å². The van der Waals surface area contributed by atoms with Crippen LogP contribution in [0.15, 0.2) is 60.8 Å². The average molecular weight is 332 g/mol. The van der Waals surface area contributed by atoms with Crippen LogP contribution in [0.3, 0.4) is 0 Å². The minimum atomic E-state index is -0.254. The number of hydrogen-bond donors (Lipinski definition) is 2. The molecule has 5 nitrogen and oxygen atoms in total. The van der Waals surface area contributed by atoms with Gasteiger partial charge in [0.25, 0.3) is 5.91 Å². The predicted octanol–water partition coefficient (Wildman–Crippen LogP) is 4.34. The van der Waals surface area contributed by atoms with Crippen molar-refractivity contribution in [3.05, 3.63) is 77.6 Å². The van der Waals surface area contributed by atoms with Crippen molar-refractivity contribution in [2.24, 2.45) is 0 Å². The van der Waals surface area contributed by atoms with E-state index in [4.69, 9.17) is 0 Å². The number of hydrogen-bond acceptors (Lipinski definition) is 4. The lowest BCUT2D eigenvalue weighted by atomic mass is 10.1. The van der Waals surface area contributed by atoms with Crippen molar-refractivity contribution in [1.82, 2.24) is 9.97 Å². The number of carbonyl (C=O) groups excluding carboxylic acids is 1. The van der Waals surface area contributed by atoms with Crippen LogP contribution in [-0.4, -0.2) is 15.9 Å². The van der Waals surface area contributed by atoms with E-state index in [1.165, 1.54) is 5.56 Å². The maximum absolute atomic E-state index is 12.5. The van der Waals surface area contributed by atoms with Crippen molar-refractivity contribution in [2.75, 3.05) is 10.6 Å². The van der Waals surface area contributed by atoms with Gasteiger partial charge in [0.2, 0.25) is 5.95 Å². The molecule has 0 radical (unpaired) electrons. The minimum Gasteiger partial charge on any atom is -0.324 e. The minimum absolute atomic E-state index is 0.254. The summed E-state index contributed by atoms with van der Waals surface area (Å²) in [6, 6.07) is 17.3. The smallest absolute Gasteiger partial charge is 0.274 e. The van der Waals surface area contributed by atoms with Crippen LogP contribution in [0.25, 0.3) is 0 Å². The molecule has 1 aromatic heterocycles. The molecule has 0 saturated heterocycles. The highest BCUT2D eigenvalue weighted by Gasteiger charge is 2.11. The van der Waals surface area contributed by atoms with E-state index >= 15 is 0 Å². The van der Waals surface area contributed by atoms with Crippen LogP contribution < -0.4 is 10.6 Å². The molecule has 0 aliphatic carbocycles. The molecule has 0 aliphatic heterocycles. The highest BCUT2D eigenvalue weighted by atomic mass is 16.1. The Labute approximate surface area is 147 Å². The largest absolute Gasteiger partial charge is 0.324 e. The molecule has 0 fully saturated rings. The molecule has 3 aromatic rings. The lowest BCUT2D eigenvalue weighted by Crippen LogP contribution is -2.15. The van der Waals surface area contributed by atoms with Gasteiger partial charge in [-0.1, -0.05) is 42.8 Å². The number of aryl methyl sites for hydroxylation is 2. The van der Waals surface area contributed by atoms with Crippen molar-refractivity contribution in [2.45, 2.75) is 20.3 Å². The molecule has 0 bridgehead atoms. The maximum Gasteiger partial charge on any atom is 0.274 e. The summed E-state index contributed by atoms with van der Waals surface area (Å²) in [4.78, 5) is 21.0. The number of carbonyl (C=O) groups is 1. The van der Waals surface area contributed by atoms with Gasteiger partial charge in [0.15, 0.2) is 0 Å². The second-order valence-electron chi connectivity index (χ2n) is 5.72. The van der Waals surface area contributed by atoms with E-state index in [0.29, 0.717) is 11.6 Å². The first kappa shape index (κ1) is 16.6. The molecule has 1 heterocycles. The predicted molar refractivity (Wildman–Crippen MR) is 100 cm³/mol. The summed E-state index contributed by atoms with van der Waals surface area (Å²) in [6.07, 6.45) is 2.42. The van der Waals surface area contributed by atoms with Crippen LogP contribution in [-0.2, 0) is 6.42 Å². The van der Waals surface area contributed by atoms with E-state index in [-0.39, 0.29) is 5.91 Å². The third kappa shape index (κ3) is 4.20. The first-order valence-electron chi connectivity index (χ1n) is 8.21. The fourth-order valence-corrected chi connectivity index (χ4v) is 2.45. The van der Waals surface area contributed by atoms with E-state index in [9.17, 15) is 4.79 Å². The lowest BCUT2D eigenvalue weighted by Gasteiger charge is -2.10. The zero-order valence-corrected chi connectivity index (χ0v) is 14.3. The Bertz CT molecular complexity index is 875. The lowest BCUT2D eigenvalue weighted by molar-refractivity contribution is 0.102. The fourth-order valence-electron chi connectivity index (χ4n) is 2.45. The van der Waals surface area contributed by atoms with E-state index < -0.39 is 0 Å². The molecule has 0 aliphatic rings. The molecule has 0 unspecified atom stereocenters. The van der Waals surface area contributed by atoms with Gasteiger partial charge in [0, 0.05) is 17.6 Å². The number of anilines is 3. The van der Waals surface area contributed by atoms with Crippen LogP contribution in [0, 0.1) is 6.92 Å². The molecule has 1 amide bonds. The summed E-state index contributed by atoms with van der Waals surface area (Å²) in [5.41, 5.74) is 4.26. The normalized spacial score (nSPS) is 10.3. The first-order chi connectivity index (χ1) is 12.2. The van der Waals surface area contributed by atoms with Gasteiger partial charge in [-0.05, 0) is 43.2 Å². The van der Waals surface area contributed by atoms with Gasteiger partial charge >= 0.3 is 0 Å². The quantitative estimate of drug-likeness (QED) is 0.729. The molecule has 25 heavy (non-hydrogen) atoms. The van der Waals surface area contributed by atoms with Crippen molar-refractivity contribution in [1.29, 1.82) is 0 Å². The molecule has 2 aromatic carbocycles. The van der Waals surface area contributed by atoms with Gasteiger partial charge in [-0.15, -0.1) is 0 Å². The Morgan fingerprint density at radius 2 is 1.80 bits per heavy atom. The van der Waals surface area contributed by atoms with Gasteiger partial charge in [-0.2, -0.15) is 0 Å². The Kier molecular flexibility index (Phi) is 5.04. The zero-order valence-electron chi connectivity index (χ0n) is 14.3. The highest BCUT2D eigenvalue weighted by Crippen LogP contribution is 2.17. The van der Waals surface area contributed by atoms with Crippen molar-refractivity contribution in [3.8, 4) is 0 Å². The number of rotatable bonds is 5. The molecule has 2 N–H and O–H groups in total. The van der Waals surface area contributed by atoms with Gasteiger partial charge in [0.05, 0.1) is 0 Å². The summed E-state index contributed by atoms with van der Waals surface area (Å²) >= 11 is 0. The summed E-state index contributed by atoms with van der Waals surface area (Å²) in [5, 5.41) is 6.03. The Hall–Kier alpha value is -3.21. The molecule has 126 valence electrons. The first-order valence-corrected chi connectivity index (χ1v) is 8.21. The second-order valence-corrected chi connectivity index (χ2v) is 5.72. The number of aromatic nitrogens is 2. The van der Waals surface area contributed by atoms with Crippen LogP contribution in [0.2, 0.25) is 0 Å². The monoisotopic (exact) mass is 332 g/mol. The summed E-state index contributed by atoms with van der Waals surface area (Å²) in [7, 11) is 0. The van der Waals surface area contributed by atoms with E-state index in [1.807, 2.05) is 55.5 Å². The van der Waals surface area contributed by atoms with Crippen LogP contribution in [0.5, 0.6) is 0 Å². The molecular weight excluding hydrogens is 312 g/mol. The molecule has 0 spiro atoms. The van der Waals surface area contributed by atoms with Crippen molar-refractivity contribution >= 4 is 23.2 Å². The third-order valence-electron chi connectivity index (χ3n) is 3.84. The Balaban J connectivity index is 1.76. The summed E-state index contributed by atoms with van der Waals surface area (Å²) < 4.78 is 0. The topological polar surface area (TPSA) is 66.9 Å². The fraction of sp³-hybridized carbons (Fsp3) is 0.150. The Morgan fingerprint density at radius 1 is 1.04 bits per heavy atom. The molecule has 0 atom stereocenters. The number of nitrogens with one attached hydrogen (secondary N) is 2. The Morgan fingerprint density at radius 3 is 2.56 bits per heavy atom. The number of amides is 1. The third-order valence-corrected chi connectivity index (χ3v) is 3.84. The SMILES string of the molecule is CCc1ccccc1NC(=O)c1ccnc(Nc2ccc(C)cc2)n1. The summed E-state index contributed by atoms with van der Waals surface area (Å²) in [6.45, 7) is 4.08. The van der Waals surface area contributed by atoms with Crippen molar-refractivity contribution in [3.63, 3.8) is 0 Å². The average Bonchev–Trinajstić information content (AvgIpc) is 2.64. The second kappa shape index (κ2) is 7.57. The van der Waals surface area contributed by atoms with Crippen molar-refractivity contribution < 1.29 is 4.79 Å².